The summed E-state index contributed by atoms with van der Waals surface area (Å²) < 4.78 is 5.67. The van der Waals surface area contributed by atoms with Crippen LogP contribution in [0.25, 0.3) is 22.1 Å². The second-order valence-corrected chi connectivity index (χ2v) is 7.22. The zero-order valence-corrected chi connectivity index (χ0v) is 14.9. The molecule has 0 aliphatic heterocycles. The van der Waals surface area contributed by atoms with Gasteiger partial charge in [-0.05, 0) is 37.9 Å². The average molecular weight is 339 g/mol. The van der Waals surface area contributed by atoms with Crippen LogP contribution in [0.15, 0.2) is 33.5 Å². The van der Waals surface area contributed by atoms with Gasteiger partial charge in [0.1, 0.15) is 16.9 Å². The van der Waals surface area contributed by atoms with Gasteiger partial charge in [-0.15, -0.1) is 0 Å². The van der Waals surface area contributed by atoms with Gasteiger partial charge in [0.05, 0.1) is 6.54 Å². The van der Waals surface area contributed by atoms with E-state index in [0.717, 1.165) is 11.3 Å². The lowest BCUT2D eigenvalue weighted by atomic mass is 9.82. The molecule has 0 bridgehead atoms. The molecule has 5 heteroatoms. The lowest BCUT2D eigenvalue weighted by Crippen LogP contribution is -2.40. The predicted octanol–water partition coefficient (Wildman–Crippen LogP) is 4.07. The molecule has 1 aliphatic rings. The first-order chi connectivity index (χ1) is 12.2. The number of furan rings is 1. The Morgan fingerprint density at radius 2 is 2.08 bits per heavy atom. The second-order valence-electron chi connectivity index (χ2n) is 7.22. The number of nitrogens with zero attached hydrogens (tertiary/aromatic N) is 2. The van der Waals surface area contributed by atoms with Gasteiger partial charge in [-0.3, -0.25) is 9.69 Å². The van der Waals surface area contributed by atoms with Crippen LogP contribution in [-0.4, -0.2) is 28.0 Å². The molecular formula is C20H25N3O2. The van der Waals surface area contributed by atoms with E-state index in [-0.39, 0.29) is 5.56 Å². The molecule has 1 aromatic carbocycles. The highest BCUT2D eigenvalue weighted by Crippen LogP contribution is 2.31. The fourth-order valence-electron chi connectivity index (χ4n) is 4.32. The Labute approximate surface area is 147 Å². The van der Waals surface area contributed by atoms with E-state index in [1.807, 2.05) is 24.3 Å². The number of rotatable bonds is 4. The van der Waals surface area contributed by atoms with Crippen molar-refractivity contribution in [2.45, 2.75) is 51.6 Å². The topological polar surface area (TPSA) is 62.1 Å². The quantitative estimate of drug-likeness (QED) is 0.778. The summed E-state index contributed by atoms with van der Waals surface area (Å²) in [6.07, 6.45) is 6.38. The summed E-state index contributed by atoms with van der Waals surface area (Å²) >= 11 is 0. The monoisotopic (exact) mass is 339 g/mol. The van der Waals surface area contributed by atoms with Crippen molar-refractivity contribution in [2.75, 3.05) is 7.05 Å². The van der Waals surface area contributed by atoms with Crippen LogP contribution in [0.1, 0.15) is 44.9 Å². The normalized spacial score (nSPS) is 21.4. The number of aromatic amines is 1. The minimum absolute atomic E-state index is 0.194. The average Bonchev–Trinajstić information content (AvgIpc) is 3.01. The molecule has 1 fully saturated rings. The van der Waals surface area contributed by atoms with Crippen molar-refractivity contribution in [3.05, 3.63) is 40.4 Å². The van der Waals surface area contributed by atoms with Gasteiger partial charge >= 0.3 is 0 Å². The number of nitrogens with one attached hydrogen (secondary N) is 1. The van der Waals surface area contributed by atoms with Crippen molar-refractivity contribution >= 4 is 22.1 Å². The Morgan fingerprint density at radius 3 is 2.92 bits per heavy atom. The highest BCUT2D eigenvalue weighted by atomic mass is 16.3. The van der Waals surface area contributed by atoms with Crippen LogP contribution in [0.3, 0.4) is 0 Å². The molecule has 0 radical (unpaired) electrons. The van der Waals surface area contributed by atoms with Crippen molar-refractivity contribution in [3.8, 4) is 0 Å². The number of fused-ring (bicyclic) bond motifs is 3. The number of H-pyrrole nitrogens is 1. The third-order valence-electron chi connectivity index (χ3n) is 5.64. The summed E-state index contributed by atoms with van der Waals surface area (Å²) in [4.78, 5) is 22.4. The maximum Gasteiger partial charge on any atom is 0.294 e. The van der Waals surface area contributed by atoms with E-state index >= 15 is 0 Å². The highest BCUT2D eigenvalue weighted by molar-refractivity contribution is 6.01. The van der Waals surface area contributed by atoms with Gasteiger partial charge in [0.2, 0.25) is 5.58 Å². The number of hydrogen-bond donors (Lipinski definition) is 1. The standard InChI is InChI=1S/C20H25N3O2/c1-3-13-8-4-6-10-15(13)23(2)12-17-21-18-14-9-5-7-11-16(14)25-19(18)20(24)22-17/h5,7,9,11,13,15H,3-4,6,8,10,12H2,1-2H3,(H,21,22,24). The summed E-state index contributed by atoms with van der Waals surface area (Å²) in [5.41, 5.74) is 1.50. The first-order valence-electron chi connectivity index (χ1n) is 9.28. The van der Waals surface area contributed by atoms with E-state index in [1.54, 1.807) is 0 Å². The van der Waals surface area contributed by atoms with Crippen molar-refractivity contribution < 1.29 is 4.42 Å². The number of aromatic nitrogens is 2. The molecule has 0 saturated heterocycles. The number of hydrogen-bond acceptors (Lipinski definition) is 4. The Kier molecular flexibility index (Phi) is 4.34. The van der Waals surface area contributed by atoms with E-state index in [0.29, 0.717) is 35.1 Å². The van der Waals surface area contributed by atoms with Crippen LogP contribution in [0.4, 0.5) is 0 Å². The predicted molar refractivity (Wildman–Crippen MR) is 99.6 cm³/mol. The Morgan fingerprint density at radius 1 is 1.28 bits per heavy atom. The summed E-state index contributed by atoms with van der Waals surface area (Å²) in [6.45, 7) is 2.94. The van der Waals surface area contributed by atoms with Crippen molar-refractivity contribution in [3.63, 3.8) is 0 Å². The fourth-order valence-corrected chi connectivity index (χ4v) is 4.32. The van der Waals surface area contributed by atoms with Crippen LogP contribution in [0, 0.1) is 5.92 Å². The van der Waals surface area contributed by atoms with Crippen LogP contribution in [-0.2, 0) is 6.54 Å². The molecule has 2 unspecified atom stereocenters. The zero-order chi connectivity index (χ0) is 17.4. The SMILES string of the molecule is CCC1CCCCC1N(C)Cc1nc2c(oc3ccccc32)c(=O)[nH]1. The third-order valence-corrected chi connectivity index (χ3v) is 5.64. The van der Waals surface area contributed by atoms with Crippen molar-refractivity contribution in [1.82, 2.24) is 14.9 Å². The van der Waals surface area contributed by atoms with E-state index < -0.39 is 0 Å². The summed E-state index contributed by atoms with van der Waals surface area (Å²) in [5.74, 6) is 1.45. The molecular weight excluding hydrogens is 314 g/mol. The van der Waals surface area contributed by atoms with Crippen molar-refractivity contribution in [1.29, 1.82) is 0 Å². The minimum atomic E-state index is -0.194. The van der Waals surface area contributed by atoms with E-state index in [4.69, 9.17) is 9.40 Å². The van der Waals surface area contributed by atoms with E-state index in [2.05, 4.69) is 23.9 Å². The molecule has 4 rings (SSSR count). The van der Waals surface area contributed by atoms with Crippen LogP contribution < -0.4 is 5.56 Å². The summed E-state index contributed by atoms with van der Waals surface area (Å²) in [6, 6.07) is 8.24. The van der Waals surface area contributed by atoms with Crippen LogP contribution in [0.2, 0.25) is 0 Å². The molecule has 132 valence electrons. The van der Waals surface area contributed by atoms with Gasteiger partial charge in [-0.2, -0.15) is 0 Å². The molecule has 1 aliphatic carbocycles. The first kappa shape index (κ1) is 16.3. The maximum absolute atomic E-state index is 12.4. The smallest absolute Gasteiger partial charge is 0.294 e. The van der Waals surface area contributed by atoms with Gasteiger partial charge < -0.3 is 9.40 Å². The maximum atomic E-state index is 12.4. The number of benzene rings is 1. The Hall–Kier alpha value is -2.14. The Bertz CT molecular complexity index is 943. The molecule has 0 amide bonds. The summed E-state index contributed by atoms with van der Waals surface area (Å²) in [5, 5.41) is 0.900. The lowest BCUT2D eigenvalue weighted by molar-refractivity contribution is 0.118. The molecule has 1 N–H and O–H groups in total. The van der Waals surface area contributed by atoms with Crippen LogP contribution >= 0.6 is 0 Å². The second kappa shape index (κ2) is 6.64. The zero-order valence-electron chi connectivity index (χ0n) is 14.9. The minimum Gasteiger partial charge on any atom is -0.449 e. The van der Waals surface area contributed by atoms with E-state index in [1.165, 1.54) is 32.1 Å². The largest absolute Gasteiger partial charge is 0.449 e. The molecule has 2 aromatic heterocycles. The Balaban J connectivity index is 1.67. The highest BCUT2D eigenvalue weighted by Gasteiger charge is 2.27. The van der Waals surface area contributed by atoms with E-state index in [9.17, 15) is 4.79 Å². The number of para-hydroxylation sites is 1. The molecule has 5 nitrogen and oxygen atoms in total. The molecule has 25 heavy (non-hydrogen) atoms. The molecule has 0 spiro atoms. The molecule has 2 atom stereocenters. The van der Waals surface area contributed by atoms with Gasteiger partial charge in [0.15, 0.2) is 0 Å². The van der Waals surface area contributed by atoms with Crippen molar-refractivity contribution in [2.24, 2.45) is 5.92 Å². The van der Waals surface area contributed by atoms with Gasteiger partial charge in [-0.1, -0.05) is 38.3 Å². The molecule has 1 saturated carbocycles. The third kappa shape index (κ3) is 2.97. The van der Waals surface area contributed by atoms with Gasteiger partial charge in [-0.25, -0.2) is 4.98 Å². The fraction of sp³-hybridized carbons (Fsp3) is 0.500. The summed E-state index contributed by atoms with van der Waals surface area (Å²) in [7, 11) is 2.15. The van der Waals surface area contributed by atoms with Gasteiger partial charge in [0.25, 0.3) is 5.56 Å². The molecule has 2 heterocycles. The van der Waals surface area contributed by atoms with Crippen LogP contribution in [0.5, 0.6) is 0 Å². The lowest BCUT2D eigenvalue weighted by Gasteiger charge is -2.37. The first-order valence-corrected chi connectivity index (χ1v) is 9.28. The molecule has 3 aromatic rings. The van der Waals surface area contributed by atoms with Gasteiger partial charge in [0, 0.05) is 11.4 Å².